The van der Waals surface area contributed by atoms with Crippen LogP contribution in [-0.4, -0.2) is 25.7 Å². The van der Waals surface area contributed by atoms with E-state index in [1.54, 1.807) is 6.20 Å². The lowest BCUT2D eigenvalue weighted by molar-refractivity contribution is -0.116. The smallest absolute Gasteiger partial charge is 0.227 e. The van der Waals surface area contributed by atoms with Gasteiger partial charge < -0.3 is 5.32 Å². The molecular weight excluding hydrogens is 462 g/mol. The molecule has 6 nitrogen and oxygen atoms in total. The Hall–Kier alpha value is -2.81. The molecule has 4 rings (SSSR count). The molecule has 0 fully saturated rings. The van der Waals surface area contributed by atoms with Crippen LogP contribution in [0.2, 0.25) is 5.02 Å². The summed E-state index contributed by atoms with van der Waals surface area (Å²) in [5, 5.41) is 11.4. The summed E-state index contributed by atoms with van der Waals surface area (Å²) in [5.41, 5.74) is 4.25. The number of anilines is 1. The Morgan fingerprint density at radius 3 is 2.88 bits per heavy atom. The second-order valence-corrected chi connectivity index (χ2v) is 9.47. The van der Waals surface area contributed by atoms with Crippen LogP contribution in [0.1, 0.15) is 28.0 Å². The molecule has 2 aromatic heterocycles. The fourth-order valence-electron chi connectivity index (χ4n) is 3.32. The fraction of sp³-hybridized carbons (Fsp3) is 0.217. The van der Waals surface area contributed by atoms with E-state index in [9.17, 15) is 4.79 Å². The van der Waals surface area contributed by atoms with E-state index < -0.39 is 0 Å². The normalized spacial score (nSPS) is 11.0. The zero-order valence-corrected chi connectivity index (χ0v) is 20.1. The van der Waals surface area contributed by atoms with Crippen LogP contribution in [0.4, 0.5) is 5.13 Å². The Balaban J connectivity index is 1.38. The number of H-pyrrole nitrogens is 1. The van der Waals surface area contributed by atoms with Crippen LogP contribution in [0.5, 0.6) is 0 Å². The van der Waals surface area contributed by atoms with E-state index in [2.05, 4.69) is 26.6 Å². The van der Waals surface area contributed by atoms with Crippen molar-refractivity contribution in [1.29, 1.82) is 0 Å². The van der Waals surface area contributed by atoms with Gasteiger partial charge in [0, 0.05) is 41.0 Å². The average molecular weight is 484 g/mol. The van der Waals surface area contributed by atoms with Crippen molar-refractivity contribution in [2.45, 2.75) is 33.2 Å². The highest BCUT2D eigenvalue weighted by atomic mass is 35.5. The third-order valence-electron chi connectivity index (χ3n) is 5.01. The summed E-state index contributed by atoms with van der Waals surface area (Å²) in [4.78, 5) is 17.9. The molecule has 2 aromatic carbocycles. The molecule has 4 aromatic rings. The molecule has 164 valence electrons. The number of thiazole rings is 1. The highest BCUT2D eigenvalue weighted by Crippen LogP contribution is 2.24. The van der Waals surface area contributed by atoms with E-state index in [-0.39, 0.29) is 12.3 Å². The number of aromatic amines is 1. The Morgan fingerprint density at radius 2 is 2.09 bits per heavy atom. The first-order chi connectivity index (χ1) is 15.4. The average Bonchev–Trinajstić information content (AvgIpc) is 3.35. The van der Waals surface area contributed by atoms with Crippen molar-refractivity contribution in [1.82, 2.24) is 19.7 Å². The maximum Gasteiger partial charge on any atom is 0.227 e. The first kappa shape index (κ1) is 22.4. The first-order valence-corrected chi connectivity index (χ1v) is 11.7. The lowest BCUT2D eigenvalue weighted by atomic mass is 10.1. The molecule has 0 saturated heterocycles. The minimum atomic E-state index is -0.123. The molecule has 0 aliphatic rings. The molecule has 9 heteroatoms. The molecule has 0 aliphatic heterocycles. The number of aryl methyl sites for hydroxylation is 2. The maximum atomic E-state index is 12.5. The van der Waals surface area contributed by atoms with Gasteiger partial charge in [-0.25, -0.2) is 4.98 Å². The van der Waals surface area contributed by atoms with E-state index in [1.165, 1.54) is 11.3 Å². The monoisotopic (exact) mass is 483 g/mol. The quantitative estimate of drug-likeness (QED) is 0.318. The van der Waals surface area contributed by atoms with Gasteiger partial charge in [-0.1, -0.05) is 47.5 Å². The number of rotatable bonds is 7. The molecule has 0 aliphatic carbocycles. The van der Waals surface area contributed by atoms with Crippen LogP contribution in [0.3, 0.4) is 0 Å². The topological polar surface area (TPSA) is 75.6 Å². The number of carbonyl (C=O) groups is 1. The number of carbonyl (C=O) groups excluding carboxylic acids is 1. The van der Waals surface area contributed by atoms with E-state index >= 15 is 0 Å². The number of nitrogens with one attached hydrogen (secondary N) is 2. The summed E-state index contributed by atoms with van der Waals surface area (Å²) in [6.07, 6.45) is 2.77. The zero-order chi connectivity index (χ0) is 22.7. The van der Waals surface area contributed by atoms with Crippen LogP contribution in [0.15, 0.2) is 48.7 Å². The minimum Gasteiger partial charge on any atom is -0.302 e. The zero-order valence-electron chi connectivity index (χ0n) is 17.7. The Bertz CT molecular complexity index is 1320. The van der Waals surface area contributed by atoms with Crippen LogP contribution in [0.25, 0.3) is 11.4 Å². The van der Waals surface area contributed by atoms with Gasteiger partial charge in [0.2, 0.25) is 5.91 Å². The van der Waals surface area contributed by atoms with E-state index in [0.717, 1.165) is 44.4 Å². The highest BCUT2D eigenvalue weighted by molar-refractivity contribution is 7.71. The number of benzene rings is 2. The van der Waals surface area contributed by atoms with Crippen molar-refractivity contribution < 1.29 is 4.79 Å². The lowest BCUT2D eigenvalue weighted by Crippen LogP contribution is -2.15. The van der Waals surface area contributed by atoms with E-state index in [0.29, 0.717) is 16.4 Å². The van der Waals surface area contributed by atoms with Gasteiger partial charge in [-0.2, -0.15) is 5.10 Å². The standard InChI is InChI=1S/C23H22ClN5OS2/c1-14-4-3-5-17(10-14)21-27-28-23(31)29(21)9-8-20(30)26-22-25-13-18(32-22)11-16-7-6-15(2)19(24)12-16/h3-7,10,12-13H,8-9,11H2,1-2H3,(H,28,31)(H,25,26,30). The SMILES string of the molecule is Cc1cccc(-c2n[nH]c(=S)n2CCC(=O)Nc2ncc(Cc3ccc(C)c(Cl)c3)s2)c1. The minimum absolute atomic E-state index is 0.123. The fourth-order valence-corrected chi connectivity index (χ4v) is 4.61. The Kier molecular flexibility index (Phi) is 6.83. The molecule has 1 amide bonds. The van der Waals surface area contributed by atoms with Gasteiger partial charge >= 0.3 is 0 Å². The summed E-state index contributed by atoms with van der Waals surface area (Å²) >= 11 is 13.0. The second-order valence-electron chi connectivity index (χ2n) is 7.56. The molecule has 0 radical (unpaired) electrons. The summed E-state index contributed by atoms with van der Waals surface area (Å²) in [6.45, 7) is 4.43. The Labute approximate surface area is 200 Å². The van der Waals surface area contributed by atoms with Gasteiger partial charge in [0.15, 0.2) is 15.7 Å². The number of amides is 1. The van der Waals surface area contributed by atoms with Crippen molar-refractivity contribution >= 4 is 46.2 Å². The van der Waals surface area contributed by atoms with Crippen molar-refractivity contribution in [3.05, 3.63) is 80.0 Å². The van der Waals surface area contributed by atoms with Gasteiger partial charge in [-0.3, -0.25) is 14.5 Å². The predicted octanol–water partition coefficient (Wildman–Crippen LogP) is 5.95. The van der Waals surface area contributed by atoms with Crippen molar-refractivity contribution in [2.24, 2.45) is 0 Å². The molecule has 0 unspecified atom stereocenters. The van der Waals surface area contributed by atoms with Crippen molar-refractivity contribution in [3.63, 3.8) is 0 Å². The largest absolute Gasteiger partial charge is 0.302 e. The van der Waals surface area contributed by atoms with Crippen LogP contribution in [-0.2, 0) is 17.8 Å². The number of hydrogen-bond acceptors (Lipinski definition) is 5. The van der Waals surface area contributed by atoms with Crippen LogP contribution >= 0.6 is 35.2 Å². The molecule has 0 saturated carbocycles. The van der Waals surface area contributed by atoms with E-state index in [1.807, 2.05) is 54.8 Å². The van der Waals surface area contributed by atoms with Crippen molar-refractivity contribution in [3.8, 4) is 11.4 Å². The van der Waals surface area contributed by atoms with Crippen LogP contribution in [0, 0.1) is 18.6 Å². The maximum absolute atomic E-state index is 12.5. The molecule has 32 heavy (non-hydrogen) atoms. The third kappa shape index (κ3) is 5.32. The molecule has 0 atom stereocenters. The predicted molar refractivity (Wildman–Crippen MR) is 132 cm³/mol. The first-order valence-electron chi connectivity index (χ1n) is 10.1. The third-order valence-corrected chi connectivity index (χ3v) is 6.64. The molecule has 2 N–H and O–H groups in total. The number of halogens is 1. The second kappa shape index (κ2) is 9.77. The highest BCUT2D eigenvalue weighted by Gasteiger charge is 2.12. The van der Waals surface area contributed by atoms with Gasteiger partial charge in [-0.15, -0.1) is 11.3 Å². The van der Waals surface area contributed by atoms with Crippen LogP contribution < -0.4 is 5.32 Å². The molecule has 0 bridgehead atoms. The lowest BCUT2D eigenvalue weighted by Gasteiger charge is -2.07. The van der Waals surface area contributed by atoms with Gasteiger partial charge in [0.25, 0.3) is 0 Å². The number of aromatic nitrogens is 4. The Morgan fingerprint density at radius 1 is 1.25 bits per heavy atom. The molecule has 2 heterocycles. The van der Waals surface area contributed by atoms with Crippen molar-refractivity contribution in [2.75, 3.05) is 5.32 Å². The van der Waals surface area contributed by atoms with E-state index in [4.69, 9.17) is 23.8 Å². The number of nitrogens with zero attached hydrogens (tertiary/aromatic N) is 3. The summed E-state index contributed by atoms with van der Waals surface area (Å²) in [5.74, 6) is 0.599. The van der Waals surface area contributed by atoms with Gasteiger partial charge in [0.05, 0.1) is 0 Å². The number of hydrogen-bond donors (Lipinski definition) is 2. The molecular formula is C23H22ClN5OS2. The van der Waals surface area contributed by atoms with Gasteiger partial charge in [-0.05, 0) is 49.3 Å². The summed E-state index contributed by atoms with van der Waals surface area (Å²) in [6, 6.07) is 14.1. The summed E-state index contributed by atoms with van der Waals surface area (Å²) < 4.78 is 2.33. The molecule has 0 spiro atoms. The summed E-state index contributed by atoms with van der Waals surface area (Å²) in [7, 11) is 0. The van der Waals surface area contributed by atoms with Gasteiger partial charge in [0.1, 0.15) is 0 Å².